The third-order valence-electron chi connectivity index (χ3n) is 3.38. The van der Waals surface area contributed by atoms with Gasteiger partial charge in [0.1, 0.15) is 5.76 Å². The van der Waals surface area contributed by atoms with Crippen LogP contribution in [0.3, 0.4) is 0 Å². The van der Waals surface area contributed by atoms with Crippen molar-refractivity contribution in [2.45, 2.75) is 13.3 Å². The van der Waals surface area contributed by atoms with Crippen molar-refractivity contribution in [3.8, 4) is 10.8 Å². The van der Waals surface area contributed by atoms with Crippen LogP contribution in [0.15, 0.2) is 50.7 Å². The Bertz CT molecular complexity index is 795. The van der Waals surface area contributed by atoms with Crippen LogP contribution in [0.1, 0.15) is 21.8 Å². The van der Waals surface area contributed by atoms with E-state index in [1.165, 1.54) is 0 Å². The van der Waals surface area contributed by atoms with Gasteiger partial charge in [-0.15, -0.1) is 11.3 Å². The number of rotatable bonds is 5. The molecule has 0 fully saturated rings. The minimum absolute atomic E-state index is 0.0860. The summed E-state index contributed by atoms with van der Waals surface area (Å²) in [5.41, 5.74) is 1.52. The fourth-order valence-electron chi connectivity index (χ4n) is 2.16. The molecule has 3 rings (SSSR count). The number of thiophene rings is 1. The summed E-state index contributed by atoms with van der Waals surface area (Å²) in [6, 6.07) is 11.2. The molecular weight excluding hydrogens is 376 g/mol. The van der Waals surface area contributed by atoms with E-state index in [1.54, 1.807) is 23.5 Å². The third kappa shape index (κ3) is 3.89. The van der Waals surface area contributed by atoms with E-state index >= 15 is 0 Å². The van der Waals surface area contributed by atoms with Crippen LogP contribution in [0.4, 0.5) is 0 Å². The van der Waals surface area contributed by atoms with Crippen molar-refractivity contribution in [3.63, 3.8) is 0 Å². The molecule has 0 spiro atoms. The zero-order valence-corrected chi connectivity index (χ0v) is 14.9. The zero-order valence-electron chi connectivity index (χ0n) is 12.5. The SMILES string of the molecule is Cc1oc(-c2cccs2)nc1CCNC(=O)c1ccc(Br)cc1. The molecule has 0 saturated heterocycles. The van der Waals surface area contributed by atoms with Gasteiger partial charge < -0.3 is 9.73 Å². The van der Waals surface area contributed by atoms with Gasteiger partial charge in [0.2, 0.25) is 5.89 Å². The molecule has 1 N–H and O–H groups in total. The number of hydrogen-bond acceptors (Lipinski definition) is 4. The van der Waals surface area contributed by atoms with Crippen LogP contribution >= 0.6 is 27.3 Å². The molecule has 3 aromatic rings. The standard InChI is InChI=1S/C17H15BrN2O2S/c1-11-14(20-17(22-11)15-3-2-10-23-15)8-9-19-16(21)12-4-6-13(18)7-5-12/h2-7,10H,8-9H2,1H3,(H,19,21). The minimum atomic E-state index is -0.0860. The summed E-state index contributed by atoms with van der Waals surface area (Å²) in [6.45, 7) is 2.42. The molecule has 0 saturated carbocycles. The van der Waals surface area contributed by atoms with Crippen LogP contribution in [0.2, 0.25) is 0 Å². The van der Waals surface area contributed by atoms with Crippen molar-refractivity contribution in [2.75, 3.05) is 6.54 Å². The minimum Gasteiger partial charge on any atom is -0.440 e. The lowest BCUT2D eigenvalue weighted by Gasteiger charge is -2.04. The molecular formula is C17H15BrN2O2S. The maximum Gasteiger partial charge on any atom is 0.251 e. The number of halogens is 1. The Morgan fingerprint density at radius 2 is 2.09 bits per heavy atom. The van der Waals surface area contributed by atoms with E-state index in [0.29, 0.717) is 24.4 Å². The van der Waals surface area contributed by atoms with Gasteiger partial charge in [0.25, 0.3) is 5.91 Å². The molecule has 0 aliphatic rings. The number of aromatic nitrogens is 1. The van der Waals surface area contributed by atoms with Crippen LogP contribution in [0.25, 0.3) is 10.8 Å². The summed E-state index contributed by atoms with van der Waals surface area (Å²) in [4.78, 5) is 17.6. The van der Waals surface area contributed by atoms with Crippen molar-refractivity contribution in [1.82, 2.24) is 10.3 Å². The van der Waals surface area contributed by atoms with Gasteiger partial charge in [0.15, 0.2) is 0 Å². The Kier molecular flexibility index (Phi) is 4.93. The Labute approximate surface area is 146 Å². The molecule has 2 heterocycles. The first-order valence-corrected chi connectivity index (χ1v) is 8.84. The second kappa shape index (κ2) is 7.10. The maximum atomic E-state index is 12.1. The Hall–Kier alpha value is -1.92. The molecule has 1 aromatic carbocycles. The number of carbonyl (C=O) groups excluding carboxylic acids is 1. The normalized spacial score (nSPS) is 10.7. The zero-order chi connectivity index (χ0) is 16.2. The molecule has 2 aromatic heterocycles. The second-order valence-electron chi connectivity index (χ2n) is 5.01. The van der Waals surface area contributed by atoms with E-state index in [-0.39, 0.29) is 5.91 Å². The molecule has 0 radical (unpaired) electrons. The molecule has 6 heteroatoms. The van der Waals surface area contributed by atoms with E-state index < -0.39 is 0 Å². The summed E-state index contributed by atoms with van der Waals surface area (Å²) in [5, 5.41) is 4.90. The Morgan fingerprint density at radius 3 is 2.78 bits per heavy atom. The number of hydrogen-bond donors (Lipinski definition) is 1. The summed E-state index contributed by atoms with van der Waals surface area (Å²) >= 11 is 4.95. The largest absolute Gasteiger partial charge is 0.440 e. The number of nitrogens with one attached hydrogen (secondary N) is 1. The van der Waals surface area contributed by atoms with Crippen LogP contribution in [0.5, 0.6) is 0 Å². The average Bonchev–Trinajstić information content (AvgIpc) is 3.18. The quantitative estimate of drug-likeness (QED) is 0.699. The monoisotopic (exact) mass is 390 g/mol. The summed E-state index contributed by atoms with van der Waals surface area (Å²) in [7, 11) is 0. The number of oxazole rings is 1. The van der Waals surface area contributed by atoms with E-state index in [2.05, 4.69) is 26.2 Å². The van der Waals surface area contributed by atoms with Crippen LogP contribution in [-0.4, -0.2) is 17.4 Å². The van der Waals surface area contributed by atoms with Gasteiger partial charge in [-0.25, -0.2) is 4.98 Å². The van der Waals surface area contributed by atoms with Crippen molar-refractivity contribution in [3.05, 3.63) is 63.3 Å². The predicted molar refractivity (Wildman–Crippen MR) is 94.7 cm³/mol. The molecule has 0 atom stereocenters. The van der Waals surface area contributed by atoms with Crippen molar-refractivity contribution in [2.24, 2.45) is 0 Å². The van der Waals surface area contributed by atoms with Gasteiger partial charge in [-0.1, -0.05) is 22.0 Å². The third-order valence-corrected chi connectivity index (χ3v) is 4.76. The first kappa shape index (κ1) is 16.0. The van der Waals surface area contributed by atoms with Crippen molar-refractivity contribution < 1.29 is 9.21 Å². The lowest BCUT2D eigenvalue weighted by Crippen LogP contribution is -2.25. The smallest absolute Gasteiger partial charge is 0.251 e. The van der Waals surface area contributed by atoms with Gasteiger partial charge in [-0.2, -0.15) is 0 Å². The molecule has 1 amide bonds. The lowest BCUT2D eigenvalue weighted by molar-refractivity contribution is 0.0954. The summed E-state index contributed by atoms with van der Waals surface area (Å²) in [6.07, 6.45) is 0.642. The van der Waals surface area contributed by atoms with Gasteiger partial charge in [-0.05, 0) is 42.6 Å². The van der Waals surface area contributed by atoms with E-state index in [9.17, 15) is 4.79 Å². The number of amides is 1. The molecule has 118 valence electrons. The highest BCUT2D eigenvalue weighted by Gasteiger charge is 2.12. The highest BCUT2D eigenvalue weighted by molar-refractivity contribution is 9.10. The van der Waals surface area contributed by atoms with Crippen molar-refractivity contribution in [1.29, 1.82) is 0 Å². The second-order valence-corrected chi connectivity index (χ2v) is 6.88. The topological polar surface area (TPSA) is 55.1 Å². The van der Waals surface area contributed by atoms with Gasteiger partial charge in [0, 0.05) is 23.0 Å². The predicted octanol–water partition coefficient (Wildman–Crippen LogP) is 4.45. The summed E-state index contributed by atoms with van der Waals surface area (Å²) < 4.78 is 6.65. The molecule has 0 aliphatic carbocycles. The molecule has 23 heavy (non-hydrogen) atoms. The summed E-state index contributed by atoms with van der Waals surface area (Å²) in [5.74, 6) is 1.36. The van der Waals surface area contributed by atoms with Gasteiger partial charge in [0.05, 0.1) is 10.6 Å². The Balaban J connectivity index is 1.58. The van der Waals surface area contributed by atoms with Crippen LogP contribution in [0, 0.1) is 6.92 Å². The Morgan fingerprint density at radius 1 is 1.30 bits per heavy atom. The van der Waals surface area contributed by atoms with Gasteiger partial charge >= 0.3 is 0 Å². The van der Waals surface area contributed by atoms with Crippen molar-refractivity contribution >= 4 is 33.2 Å². The molecule has 4 nitrogen and oxygen atoms in total. The first-order valence-electron chi connectivity index (χ1n) is 7.17. The van der Waals surface area contributed by atoms with E-state index in [1.807, 2.05) is 36.6 Å². The number of aryl methyl sites for hydroxylation is 1. The maximum absolute atomic E-state index is 12.1. The van der Waals surface area contributed by atoms with Crippen LogP contribution in [-0.2, 0) is 6.42 Å². The number of carbonyl (C=O) groups is 1. The average molecular weight is 391 g/mol. The van der Waals surface area contributed by atoms with Gasteiger partial charge in [-0.3, -0.25) is 4.79 Å². The first-order chi connectivity index (χ1) is 11.1. The number of nitrogens with zero attached hydrogens (tertiary/aromatic N) is 1. The van der Waals surface area contributed by atoms with E-state index in [4.69, 9.17) is 4.42 Å². The fraction of sp³-hybridized carbons (Fsp3) is 0.176. The fourth-order valence-corrected chi connectivity index (χ4v) is 3.08. The van der Waals surface area contributed by atoms with E-state index in [0.717, 1.165) is 20.8 Å². The van der Waals surface area contributed by atoms with Crippen LogP contribution < -0.4 is 5.32 Å². The molecule has 0 aliphatic heterocycles. The highest BCUT2D eigenvalue weighted by atomic mass is 79.9. The molecule has 0 unspecified atom stereocenters. The highest BCUT2D eigenvalue weighted by Crippen LogP contribution is 2.25. The lowest BCUT2D eigenvalue weighted by atomic mass is 10.2. The number of benzene rings is 1. The molecule has 0 bridgehead atoms.